The van der Waals surface area contributed by atoms with Crippen LogP contribution >= 0.6 is 0 Å². The van der Waals surface area contributed by atoms with E-state index in [4.69, 9.17) is 0 Å². The van der Waals surface area contributed by atoms with Gasteiger partial charge < -0.3 is 0 Å². The van der Waals surface area contributed by atoms with Gasteiger partial charge in [-0.2, -0.15) is 0 Å². The first-order valence-electron chi connectivity index (χ1n) is 9.61. The summed E-state index contributed by atoms with van der Waals surface area (Å²) in [6, 6.07) is 21.7. The van der Waals surface area contributed by atoms with Crippen LogP contribution in [-0.4, -0.2) is 11.8 Å². The predicted molar refractivity (Wildman–Crippen MR) is 112 cm³/mol. The Balaban J connectivity index is 1.54. The van der Waals surface area contributed by atoms with Crippen molar-refractivity contribution in [2.45, 2.75) is 33.1 Å². The Morgan fingerprint density at radius 2 is 1.32 bits per heavy atom. The van der Waals surface area contributed by atoms with E-state index in [1.54, 1.807) is 12.1 Å². The summed E-state index contributed by atoms with van der Waals surface area (Å²) in [5.74, 6) is 0.0227. The molecule has 0 saturated carbocycles. The van der Waals surface area contributed by atoms with E-state index < -0.39 is 0 Å². The van der Waals surface area contributed by atoms with Crippen molar-refractivity contribution in [3.63, 3.8) is 0 Å². The normalized spacial score (nSPS) is 13.4. The number of imide groups is 1. The molecule has 140 valence electrons. The van der Waals surface area contributed by atoms with Crippen LogP contribution in [0.4, 0.5) is 5.69 Å². The summed E-state index contributed by atoms with van der Waals surface area (Å²) in [6.07, 6.45) is 0.819. The molecule has 0 bridgehead atoms. The van der Waals surface area contributed by atoms with Gasteiger partial charge in [0.2, 0.25) is 0 Å². The zero-order valence-corrected chi connectivity index (χ0v) is 16.4. The van der Waals surface area contributed by atoms with E-state index in [2.05, 4.69) is 38.1 Å². The Morgan fingerprint density at radius 1 is 0.750 bits per heavy atom. The fraction of sp³-hybridized carbons (Fsp3) is 0.200. The van der Waals surface area contributed by atoms with Crippen LogP contribution < -0.4 is 4.90 Å². The highest BCUT2D eigenvalue weighted by atomic mass is 16.2. The first-order valence-corrected chi connectivity index (χ1v) is 9.61. The van der Waals surface area contributed by atoms with Crippen LogP contribution in [-0.2, 0) is 6.42 Å². The van der Waals surface area contributed by atoms with E-state index in [1.807, 2.05) is 37.3 Å². The van der Waals surface area contributed by atoms with Crippen LogP contribution in [0.25, 0.3) is 0 Å². The molecule has 2 amide bonds. The molecule has 1 aliphatic heterocycles. The topological polar surface area (TPSA) is 37.4 Å². The van der Waals surface area contributed by atoms with E-state index in [0.717, 1.165) is 17.5 Å². The minimum Gasteiger partial charge on any atom is -0.268 e. The van der Waals surface area contributed by atoms with Crippen LogP contribution in [0.15, 0.2) is 66.7 Å². The molecule has 0 saturated heterocycles. The second-order valence-corrected chi connectivity index (χ2v) is 7.73. The van der Waals surface area contributed by atoms with Gasteiger partial charge in [-0.3, -0.25) is 9.59 Å². The SMILES string of the molecule is Cc1ccc2c(c1)C(=O)N(c1ccc(Cc3ccc(C(C)C)cc3)cc1)C2=O. The van der Waals surface area contributed by atoms with Crippen molar-refractivity contribution < 1.29 is 9.59 Å². The Hall–Kier alpha value is -3.20. The summed E-state index contributed by atoms with van der Waals surface area (Å²) in [4.78, 5) is 26.7. The molecule has 4 rings (SSSR count). The second-order valence-electron chi connectivity index (χ2n) is 7.73. The van der Waals surface area contributed by atoms with Crippen molar-refractivity contribution in [3.8, 4) is 0 Å². The lowest BCUT2D eigenvalue weighted by molar-refractivity contribution is 0.0926. The molecule has 28 heavy (non-hydrogen) atoms. The van der Waals surface area contributed by atoms with Gasteiger partial charge in [0, 0.05) is 0 Å². The van der Waals surface area contributed by atoms with Gasteiger partial charge in [0.25, 0.3) is 11.8 Å². The van der Waals surface area contributed by atoms with E-state index >= 15 is 0 Å². The third kappa shape index (κ3) is 3.24. The number of aryl methyl sites for hydroxylation is 1. The zero-order chi connectivity index (χ0) is 19.8. The smallest absolute Gasteiger partial charge is 0.266 e. The van der Waals surface area contributed by atoms with Crippen molar-refractivity contribution in [2.24, 2.45) is 0 Å². The van der Waals surface area contributed by atoms with Gasteiger partial charge in [-0.05, 0) is 60.2 Å². The number of carbonyl (C=O) groups is 2. The molecule has 0 atom stereocenters. The number of carbonyl (C=O) groups excluding carboxylic acids is 2. The Bertz CT molecular complexity index is 1050. The monoisotopic (exact) mass is 369 g/mol. The molecule has 0 unspecified atom stereocenters. The van der Waals surface area contributed by atoms with Crippen molar-refractivity contribution in [1.29, 1.82) is 0 Å². The first-order chi connectivity index (χ1) is 13.4. The number of nitrogens with zero attached hydrogens (tertiary/aromatic N) is 1. The number of hydrogen-bond donors (Lipinski definition) is 0. The largest absolute Gasteiger partial charge is 0.268 e. The van der Waals surface area contributed by atoms with Crippen LogP contribution in [0, 0.1) is 6.92 Å². The van der Waals surface area contributed by atoms with Gasteiger partial charge in [-0.15, -0.1) is 0 Å². The molecule has 0 N–H and O–H groups in total. The van der Waals surface area contributed by atoms with Gasteiger partial charge in [0.15, 0.2) is 0 Å². The van der Waals surface area contributed by atoms with Crippen molar-refractivity contribution >= 4 is 17.5 Å². The third-order valence-electron chi connectivity index (χ3n) is 5.29. The number of anilines is 1. The van der Waals surface area contributed by atoms with Gasteiger partial charge in [-0.1, -0.05) is 61.9 Å². The van der Waals surface area contributed by atoms with Crippen LogP contribution in [0.5, 0.6) is 0 Å². The molecular formula is C25H23NO2. The summed E-state index contributed by atoms with van der Waals surface area (Å²) in [5, 5.41) is 0. The summed E-state index contributed by atoms with van der Waals surface area (Å²) in [6.45, 7) is 6.30. The van der Waals surface area contributed by atoms with Gasteiger partial charge in [-0.25, -0.2) is 4.90 Å². The van der Waals surface area contributed by atoms with Crippen LogP contribution in [0.2, 0.25) is 0 Å². The third-order valence-corrected chi connectivity index (χ3v) is 5.29. The lowest BCUT2D eigenvalue weighted by atomic mass is 9.99. The molecule has 1 aliphatic rings. The summed E-state index contributed by atoms with van der Waals surface area (Å²) < 4.78 is 0. The number of benzene rings is 3. The average molecular weight is 369 g/mol. The maximum absolute atomic E-state index is 12.7. The molecule has 3 aromatic rings. The van der Waals surface area contributed by atoms with Crippen molar-refractivity contribution in [3.05, 3.63) is 100 Å². The molecule has 3 aromatic carbocycles. The number of hydrogen-bond acceptors (Lipinski definition) is 2. The molecule has 0 aromatic heterocycles. The molecule has 0 spiro atoms. The quantitative estimate of drug-likeness (QED) is 0.569. The first kappa shape index (κ1) is 18.2. The number of amides is 2. The Morgan fingerprint density at radius 3 is 1.93 bits per heavy atom. The highest BCUT2D eigenvalue weighted by Gasteiger charge is 2.36. The average Bonchev–Trinajstić information content (AvgIpc) is 2.93. The van der Waals surface area contributed by atoms with Gasteiger partial charge in [0.05, 0.1) is 16.8 Å². The zero-order valence-electron chi connectivity index (χ0n) is 16.4. The maximum Gasteiger partial charge on any atom is 0.266 e. The van der Waals surface area contributed by atoms with E-state index in [-0.39, 0.29) is 11.8 Å². The molecule has 0 aliphatic carbocycles. The highest BCUT2D eigenvalue weighted by molar-refractivity contribution is 6.34. The fourth-order valence-electron chi connectivity index (χ4n) is 3.61. The predicted octanol–water partition coefficient (Wildman–Crippen LogP) is 5.51. The minimum atomic E-state index is -0.253. The lowest BCUT2D eigenvalue weighted by Gasteiger charge is -2.14. The van der Waals surface area contributed by atoms with Crippen LogP contribution in [0.3, 0.4) is 0 Å². The Kier molecular flexibility index (Phi) is 4.60. The van der Waals surface area contributed by atoms with Gasteiger partial charge in [0.1, 0.15) is 0 Å². The van der Waals surface area contributed by atoms with E-state index in [0.29, 0.717) is 22.7 Å². The molecule has 3 nitrogen and oxygen atoms in total. The van der Waals surface area contributed by atoms with E-state index in [9.17, 15) is 9.59 Å². The summed E-state index contributed by atoms with van der Waals surface area (Å²) in [5.41, 5.74) is 6.27. The number of fused-ring (bicyclic) bond motifs is 1. The fourth-order valence-corrected chi connectivity index (χ4v) is 3.61. The number of rotatable bonds is 4. The lowest BCUT2D eigenvalue weighted by Crippen LogP contribution is -2.29. The standard InChI is InChI=1S/C25H23NO2/c1-16(2)20-9-5-18(6-10-20)15-19-7-11-21(12-8-19)26-24(27)22-13-4-17(3)14-23(22)25(26)28/h4-14,16H,15H2,1-3H3. The van der Waals surface area contributed by atoms with Gasteiger partial charge >= 0.3 is 0 Å². The summed E-state index contributed by atoms with van der Waals surface area (Å²) in [7, 11) is 0. The van der Waals surface area contributed by atoms with Crippen molar-refractivity contribution in [1.82, 2.24) is 0 Å². The van der Waals surface area contributed by atoms with Crippen molar-refractivity contribution in [2.75, 3.05) is 4.90 Å². The molecule has 0 radical (unpaired) electrons. The Labute approximate surface area is 165 Å². The van der Waals surface area contributed by atoms with E-state index in [1.165, 1.54) is 16.0 Å². The maximum atomic E-state index is 12.7. The molecule has 1 heterocycles. The second kappa shape index (κ2) is 7.08. The van der Waals surface area contributed by atoms with Crippen LogP contribution in [0.1, 0.15) is 62.7 Å². The summed E-state index contributed by atoms with van der Waals surface area (Å²) >= 11 is 0. The molecule has 0 fully saturated rings. The minimum absolute atomic E-state index is 0.249. The molecule has 3 heteroatoms. The molecular weight excluding hydrogens is 346 g/mol. The highest BCUT2D eigenvalue weighted by Crippen LogP contribution is 2.29.